The maximum Gasteiger partial charge on any atom is 0.163 e. The average Bonchev–Trinajstić information content (AvgIpc) is 3.21. The molecule has 0 bridgehead atoms. The number of benzene rings is 2. The lowest BCUT2D eigenvalue weighted by atomic mass is 9.68. The zero-order valence-corrected chi connectivity index (χ0v) is 17.0. The molecule has 2 aliphatic heterocycles. The largest absolute Gasteiger partial charge is 0.484 e. The summed E-state index contributed by atoms with van der Waals surface area (Å²) in [6, 6.07) is 11.6. The van der Waals surface area contributed by atoms with Gasteiger partial charge in [-0.2, -0.15) is 5.26 Å². The molecule has 2 aromatic rings. The standard InChI is InChI=1S/C24H21F2N3O2/c1-30-18-4-6-23(7-5-18)24(12-20(26)22(28)29-24)19-11-15(2-3-21(19)31-23)16-8-14(13-27)9-17(25)10-16/h2-3,8-12,18H,4-7H2,1H3,(H2,28,29)/t18-,23+,24?. The number of rotatable bonds is 2. The molecule has 3 aliphatic rings. The Morgan fingerprint density at radius 1 is 1.16 bits per heavy atom. The van der Waals surface area contributed by atoms with E-state index in [2.05, 4.69) is 4.99 Å². The van der Waals surface area contributed by atoms with Gasteiger partial charge in [-0.3, -0.25) is 0 Å². The Bertz CT molecular complexity index is 1160. The van der Waals surface area contributed by atoms with Crippen LogP contribution in [0.4, 0.5) is 8.78 Å². The summed E-state index contributed by atoms with van der Waals surface area (Å²) in [6.45, 7) is 0. The van der Waals surface area contributed by atoms with Crippen molar-refractivity contribution >= 4 is 5.84 Å². The third kappa shape index (κ3) is 2.86. The molecule has 2 aromatic carbocycles. The quantitative estimate of drug-likeness (QED) is 0.774. The van der Waals surface area contributed by atoms with Gasteiger partial charge in [0.1, 0.15) is 17.2 Å². The molecule has 1 unspecified atom stereocenters. The number of halogens is 2. The van der Waals surface area contributed by atoms with Gasteiger partial charge in [0.05, 0.1) is 17.7 Å². The van der Waals surface area contributed by atoms with Crippen LogP contribution in [0.2, 0.25) is 0 Å². The topological polar surface area (TPSA) is 80.6 Å². The predicted molar refractivity (Wildman–Crippen MR) is 112 cm³/mol. The van der Waals surface area contributed by atoms with Gasteiger partial charge in [0.25, 0.3) is 0 Å². The lowest BCUT2D eigenvalue weighted by molar-refractivity contribution is -0.0426. The van der Waals surface area contributed by atoms with Crippen molar-refractivity contribution in [2.24, 2.45) is 10.7 Å². The summed E-state index contributed by atoms with van der Waals surface area (Å²) in [5.74, 6) is -0.594. The molecule has 0 amide bonds. The van der Waals surface area contributed by atoms with E-state index in [0.29, 0.717) is 35.3 Å². The van der Waals surface area contributed by atoms with E-state index in [-0.39, 0.29) is 17.5 Å². The molecule has 2 heterocycles. The highest BCUT2D eigenvalue weighted by Gasteiger charge is 2.62. The highest BCUT2D eigenvalue weighted by molar-refractivity contribution is 5.98. The van der Waals surface area contributed by atoms with Crippen LogP contribution in [0, 0.1) is 17.1 Å². The lowest BCUT2D eigenvalue weighted by Crippen LogP contribution is -2.52. The van der Waals surface area contributed by atoms with E-state index in [4.69, 9.17) is 15.2 Å². The summed E-state index contributed by atoms with van der Waals surface area (Å²) >= 11 is 0. The molecule has 158 valence electrons. The van der Waals surface area contributed by atoms with Crippen molar-refractivity contribution in [1.29, 1.82) is 5.26 Å². The van der Waals surface area contributed by atoms with Crippen LogP contribution in [0.1, 0.15) is 36.8 Å². The summed E-state index contributed by atoms with van der Waals surface area (Å²) in [5.41, 5.74) is 6.20. The molecular formula is C24H21F2N3O2. The molecule has 1 atom stereocenters. The molecule has 0 radical (unpaired) electrons. The Morgan fingerprint density at radius 3 is 2.58 bits per heavy atom. The molecule has 1 saturated carbocycles. The van der Waals surface area contributed by atoms with Crippen molar-refractivity contribution in [3.63, 3.8) is 0 Å². The van der Waals surface area contributed by atoms with Crippen LogP contribution in [0.25, 0.3) is 11.1 Å². The first-order valence-electron chi connectivity index (χ1n) is 10.2. The molecule has 5 rings (SSSR count). The van der Waals surface area contributed by atoms with E-state index in [9.17, 15) is 14.0 Å². The minimum Gasteiger partial charge on any atom is -0.484 e. The molecular weight excluding hydrogens is 400 g/mol. The van der Waals surface area contributed by atoms with Gasteiger partial charge < -0.3 is 15.2 Å². The lowest BCUT2D eigenvalue weighted by Gasteiger charge is -2.43. The number of hydrogen-bond acceptors (Lipinski definition) is 5. The fourth-order valence-electron chi connectivity index (χ4n) is 5.13. The van der Waals surface area contributed by atoms with Gasteiger partial charge in [-0.15, -0.1) is 0 Å². The van der Waals surface area contributed by atoms with Crippen LogP contribution in [0.3, 0.4) is 0 Å². The number of nitrogens with two attached hydrogens (primary N) is 1. The second kappa shape index (κ2) is 6.89. The first-order valence-corrected chi connectivity index (χ1v) is 10.2. The van der Waals surface area contributed by atoms with E-state index in [0.717, 1.165) is 12.8 Å². The second-order valence-electron chi connectivity index (χ2n) is 8.34. The summed E-state index contributed by atoms with van der Waals surface area (Å²) in [6.07, 6.45) is 4.37. The van der Waals surface area contributed by atoms with Gasteiger partial charge in [-0.05, 0) is 73.2 Å². The number of fused-ring (bicyclic) bond motifs is 3. The molecule has 0 saturated heterocycles. The number of nitriles is 1. The number of nitrogens with zero attached hydrogens (tertiary/aromatic N) is 2. The van der Waals surface area contributed by atoms with Crippen molar-refractivity contribution < 1.29 is 18.3 Å². The van der Waals surface area contributed by atoms with Crippen molar-refractivity contribution in [3.05, 3.63) is 65.2 Å². The molecule has 1 aliphatic carbocycles. The minimum atomic E-state index is -1.09. The normalized spacial score (nSPS) is 28.8. The van der Waals surface area contributed by atoms with Crippen molar-refractivity contribution in [2.75, 3.05) is 7.11 Å². The summed E-state index contributed by atoms with van der Waals surface area (Å²) < 4.78 is 40.6. The average molecular weight is 421 g/mol. The van der Waals surface area contributed by atoms with Gasteiger partial charge in [0, 0.05) is 12.7 Å². The number of aliphatic imine (C=N–C) groups is 1. The fraction of sp³-hybridized carbons (Fsp3) is 0.333. The smallest absolute Gasteiger partial charge is 0.163 e. The molecule has 31 heavy (non-hydrogen) atoms. The highest BCUT2D eigenvalue weighted by atomic mass is 19.1. The van der Waals surface area contributed by atoms with Crippen molar-refractivity contribution in [3.8, 4) is 22.9 Å². The van der Waals surface area contributed by atoms with Crippen LogP contribution < -0.4 is 10.5 Å². The van der Waals surface area contributed by atoms with Crippen LogP contribution in [0.15, 0.2) is 53.3 Å². The van der Waals surface area contributed by atoms with Crippen molar-refractivity contribution in [1.82, 2.24) is 0 Å². The van der Waals surface area contributed by atoms with Crippen LogP contribution in [0.5, 0.6) is 5.75 Å². The predicted octanol–water partition coefficient (Wildman–Crippen LogP) is 4.50. The maximum atomic E-state index is 14.6. The van der Waals surface area contributed by atoms with Crippen LogP contribution >= 0.6 is 0 Å². The Kier molecular flexibility index (Phi) is 4.38. The zero-order chi connectivity index (χ0) is 21.8. The van der Waals surface area contributed by atoms with E-state index in [1.807, 2.05) is 18.2 Å². The summed E-state index contributed by atoms with van der Waals surface area (Å²) in [4.78, 5) is 4.59. The Morgan fingerprint density at radius 2 is 1.94 bits per heavy atom. The Hall–Kier alpha value is -3.24. The number of amidine groups is 1. The fourth-order valence-corrected chi connectivity index (χ4v) is 5.13. The van der Waals surface area contributed by atoms with Gasteiger partial charge in [0.15, 0.2) is 17.2 Å². The van der Waals surface area contributed by atoms with E-state index in [1.165, 1.54) is 18.2 Å². The van der Waals surface area contributed by atoms with Crippen LogP contribution in [-0.4, -0.2) is 24.7 Å². The first-order chi connectivity index (χ1) is 14.9. The molecule has 1 fully saturated rings. The monoisotopic (exact) mass is 421 g/mol. The van der Waals surface area contributed by atoms with Gasteiger partial charge in [-0.1, -0.05) is 6.07 Å². The van der Waals surface area contributed by atoms with E-state index < -0.39 is 22.8 Å². The zero-order valence-electron chi connectivity index (χ0n) is 17.0. The third-order valence-electron chi connectivity index (χ3n) is 6.70. The maximum absolute atomic E-state index is 14.6. The first kappa shape index (κ1) is 19.7. The number of hydrogen-bond donors (Lipinski definition) is 1. The molecule has 0 aromatic heterocycles. The van der Waals surface area contributed by atoms with Gasteiger partial charge in [-0.25, -0.2) is 13.8 Å². The summed E-state index contributed by atoms with van der Waals surface area (Å²) in [5, 5.41) is 9.19. The minimum absolute atomic E-state index is 0.124. The third-order valence-corrected chi connectivity index (χ3v) is 6.70. The SMILES string of the molecule is CO[C@H]1CC[C@]2(CC1)Oc1ccc(-c3cc(F)cc(C#N)c3)cc1C21C=C(F)C(N)=N1. The van der Waals surface area contributed by atoms with Gasteiger partial charge >= 0.3 is 0 Å². The van der Waals surface area contributed by atoms with Gasteiger partial charge in [0.2, 0.25) is 0 Å². The highest BCUT2D eigenvalue weighted by Crippen LogP contribution is 2.59. The molecule has 2 N–H and O–H groups in total. The van der Waals surface area contributed by atoms with Crippen LogP contribution in [-0.2, 0) is 10.3 Å². The number of ether oxygens (including phenoxy) is 2. The van der Waals surface area contributed by atoms with E-state index in [1.54, 1.807) is 19.2 Å². The Balaban J connectivity index is 1.65. The summed E-state index contributed by atoms with van der Waals surface area (Å²) in [7, 11) is 1.69. The molecule has 5 nitrogen and oxygen atoms in total. The van der Waals surface area contributed by atoms with E-state index >= 15 is 0 Å². The number of methoxy groups -OCH3 is 1. The Labute approximate surface area is 178 Å². The molecule has 2 spiro atoms. The second-order valence-corrected chi connectivity index (χ2v) is 8.34. The van der Waals surface area contributed by atoms with Crippen molar-refractivity contribution in [2.45, 2.75) is 42.9 Å². The molecule has 7 heteroatoms.